The number of aromatic hydroxyl groups is 1. The first-order valence-electron chi connectivity index (χ1n) is 5.26. The maximum atomic E-state index is 13.6. The van der Waals surface area contributed by atoms with Gasteiger partial charge in [-0.15, -0.1) is 12.6 Å². The molecule has 6 heteroatoms. The highest BCUT2D eigenvalue weighted by molar-refractivity contribution is 7.80. The lowest BCUT2D eigenvalue weighted by Gasteiger charge is -2.09. The molecule has 0 heterocycles. The van der Waals surface area contributed by atoms with Gasteiger partial charge in [-0.2, -0.15) is 0 Å². The van der Waals surface area contributed by atoms with Gasteiger partial charge in [0.2, 0.25) is 0 Å². The van der Waals surface area contributed by atoms with E-state index >= 15 is 0 Å². The fourth-order valence-electron chi connectivity index (χ4n) is 1.49. The van der Waals surface area contributed by atoms with Crippen molar-refractivity contribution in [3.8, 4) is 5.75 Å². The Morgan fingerprint density at radius 3 is 2.68 bits per heavy atom. The third kappa shape index (κ3) is 3.00. The Morgan fingerprint density at radius 1 is 1.32 bits per heavy atom. The SMILES string of the molecule is O=C(Nc1cc(Cl)c(O)cc1F)c1ccccc1S. The van der Waals surface area contributed by atoms with E-state index in [2.05, 4.69) is 17.9 Å². The number of benzene rings is 2. The summed E-state index contributed by atoms with van der Waals surface area (Å²) in [6, 6.07) is 8.61. The van der Waals surface area contributed by atoms with Gasteiger partial charge in [0.25, 0.3) is 5.91 Å². The number of phenols is 1. The summed E-state index contributed by atoms with van der Waals surface area (Å²) in [4.78, 5) is 12.4. The maximum absolute atomic E-state index is 13.6. The quantitative estimate of drug-likeness (QED) is 0.584. The molecule has 0 bridgehead atoms. The van der Waals surface area contributed by atoms with Crippen molar-refractivity contribution in [3.63, 3.8) is 0 Å². The number of rotatable bonds is 2. The van der Waals surface area contributed by atoms with Gasteiger partial charge in [0.05, 0.1) is 16.3 Å². The van der Waals surface area contributed by atoms with E-state index in [0.29, 0.717) is 10.5 Å². The molecule has 2 rings (SSSR count). The molecule has 0 aliphatic heterocycles. The molecule has 0 radical (unpaired) electrons. The molecular weight excluding hydrogens is 289 g/mol. The Morgan fingerprint density at radius 2 is 2.00 bits per heavy atom. The summed E-state index contributed by atoms with van der Waals surface area (Å²) in [6.45, 7) is 0. The summed E-state index contributed by atoms with van der Waals surface area (Å²) >= 11 is 9.81. The minimum absolute atomic E-state index is 0.0455. The topological polar surface area (TPSA) is 49.3 Å². The number of hydrogen-bond donors (Lipinski definition) is 3. The van der Waals surface area contributed by atoms with Crippen molar-refractivity contribution in [2.75, 3.05) is 5.32 Å². The molecule has 2 aromatic rings. The second-order valence-corrected chi connectivity index (χ2v) is 4.64. The van der Waals surface area contributed by atoms with Crippen molar-refractivity contribution >= 4 is 35.8 Å². The van der Waals surface area contributed by atoms with E-state index in [1.54, 1.807) is 24.3 Å². The van der Waals surface area contributed by atoms with Crippen LogP contribution in [-0.2, 0) is 0 Å². The summed E-state index contributed by atoms with van der Waals surface area (Å²) in [7, 11) is 0. The fourth-order valence-corrected chi connectivity index (χ4v) is 1.91. The summed E-state index contributed by atoms with van der Waals surface area (Å²) < 4.78 is 13.6. The van der Waals surface area contributed by atoms with Crippen LogP contribution >= 0.6 is 24.2 Å². The smallest absolute Gasteiger partial charge is 0.256 e. The molecule has 0 spiro atoms. The average molecular weight is 298 g/mol. The highest BCUT2D eigenvalue weighted by atomic mass is 35.5. The first-order valence-corrected chi connectivity index (χ1v) is 6.09. The van der Waals surface area contributed by atoms with Gasteiger partial charge in [0, 0.05) is 11.0 Å². The van der Waals surface area contributed by atoms with Crippen molar-refractivity contribution in [1.82, 2.24) is 0 Å². The summed E-state index contributed by atoms with van der Waals surface area (Å²) in [6.07, 6.45) is 0. The molecule has 0 aliphatic carbocycles. The molecule has 3 nitrogen and oxygen atoms in total. The van der Waals surface area contributed by atoms with Crippen LogP contribution in [-0.4, -0.2) is 11.0 Å². The molecule has 0 saturated heterocycles. The van der Waals surface area contributed by atoms with Gasteiger partial charge >= 0.3 is 0 Å². The lowest BCUT2D eigenvalue weighted by molar-refractivity contribution is 0.102. The number of halogens is 2. The van der Waals surface area contributed by atoms with E-state index in [1.165, 1.54) is 0 Å². The first-order chi connectivity index (χ1) is 8.99. The normalized spacial score (nSPS) is 10.3. The van der Waals surface area contributed by atoms with Crippen molar-refractivity contribution in [2.45, 2.75) is 4.90 Å². The summed E-state index contributed by atoms with van der Waals surface area (Å²) in [5, 5.41) is 11.6. The Bertz CT molecular complexity index is 649. The lowest BCUT2D eigenvalue weighted by Crippen LogP contribution is -2.13. The van der Waals surface area contributed by atoms with Gasteiger partial charge in [0.1, 0.15) is 5.75 Å². The van der Waals surface area contributed by atoms with Gasteiger partial charge in [-0.25, -0.2) is 4.39 Å². The monoisotopic (exact) mass is 297 g/mol. The predicted molar refractivity (Wildman–Crippen MR) is 74.7 cm³/mol. The van der Waals surface area contributed by atoms with Crippen LogP contribution in [0.4, 0.5) is 10.1 Å². The number of carbonyl (C=O) groups is 1. The largest absolute Gasteiger partial charge is 0.506 e. The average Bonchev–Trinajstić information content (AvgIpc) is 2.36. The van der Waals surface area contributed by atoms with Crippen LogP contribution in [0.25, 0.3) is 0 Å². The standard InChI is InChI=1S/C13H9ClFNO2S/c14-8-5-10(9(15)6-11(8)17)16-13(18)7-3-1-2-4-12(7)19/h1-6,17,19H,(H,16,18). The Kier molecular flexibility index (Phi) is 3.97. The molecule has 0 atom stereocenters. The van der Waals surface area contributed by atoms with Gasteiger partial charge < -0.3 is 10.4 Å². The first kappa shape index (κ1) is 13.7. The third-order valence-corrected chi connectivity index (χ3v) is 3.13. The van der Waals surface area contributed by atoms with E-state index in [4.69, 9.17) is 11.6 Å². The Labute approximate surface area is 119 Å². The summed E-state index contributed by atoms with van der Waals surface area (Å²) in [5.41, 5.74) is 0.207. The summed E-state index contributed by atoms with van der Waals surface area (Å²) in [5.74, 6) is -1.66. The van der Waals surface area contributed by atoms with E-state index in [1.807, 2.05) is 0 Å². The highest BCUT2D eigenvalue weighted by Crippen LogP contribution is 2.29. The molecule has 0 fully saturated rings. The lowest BCUT2D eigenvalue weighted by atomic mass is 10.2. The molecule has 19 heavy (non-hydrogen) atoms. The van der Waals surface area contributed by atoms with Crippen molar-refractivity contribution < 1.29 is 14.3 Å². The molecule has 0 aromatic heterocycles. The number of amides is 1. The van der Waals surface area contributed by atoms with E-state index in [9.17, 15) is 14.3 Å². The molecule has 0 aliphatic rings. The highest BCUT2D eigenvalue weighted by Gasteiger charge is 2.13. The maximum Gasteiger partial charge on any atom is 0.256 e. The number of nitrogens with one attached hydrogen (secondary N) is 1. The molecular formula is C13H9ClFNO2S. The zero-order valence-electron chi connectivity index (χ0n) is 9.52. The van der Waals surface area contributed by atoms with Gasteiger partial charge in [-0.1, -0.05) is 23.7 Å². The number of phenolic OH excluding ortho intramolecular Hbond substituents is 1. The molecule has 2 aromatic carbocycles. The van der Waals surface area contributed by atoms with Gasteiger partial charge in [-0.3, -0.25) is 4.79 Å². The van der Waals surface area contributed by atoms with Crippen LogP contribution < -0.4 is 5.32 Å². The van der Waals surface area contributed by atoms with Crippen LogP contribution in [0.5, 0.6) is 5.75 Å². The molecule has 0 saturated carbocycles. The van der Waals surface area contributed by atoms with E-state index in [0.717, 1.165) is 12.1 Å². The Hall–Kier alpha value is -1.72. The van der Waals surface area contributed by atoms with Crippen LogP contribution in [0.1, 0.15) is 10.4 Å². The van der Waals surface area contributed by atoms with Crippen LogP contribution in [0.3, 0.4) is 0 Å². The van der Waals surface area contributed by atoms with Crippen molar-refractivity contribution in [1.29, 1.82) is 0 Å². The molecule has 1 amide bonds. The Balaban J connectivity index is 2.30. The molecule has 0 unspecified atom stereocenters. The number of carbonyl (C=O) groups excluding carboxylic acids is 1. The van der Waals surface area contributed by atoms with E-state index in [-0.39, 0.29) is 16.5 Å². The minimum Gasteiger partial charge on any atom is -0.506 e. The van der Waals surface area contributed by atoms with Crippen molar-refractivity contribution in [3.05, 3.63) is 52.8 Å². The van der Waals surface area contributed by atoms with Crippen LogP contribution in [0, 0.1) is 5.82 Å². The predicted octanol–water partition coefficient (Wildman–Crippen LogP) is 3.73. The second kappa shape index (κ2) is 5.50. The number of anilines is 1. The zero-order chi connectivity index (χ0) is 14.0. The third-order valence-electron chi connectivity index (χ3n) is 2.43. The number of thiol groups is 1. The molecule has 98 valence electrons. The van der Waals surface area contributed by atoms with Crippen LogP contribution in [0.15, 0.2) is 41.3 Å². The molecule has 2 N–H and O–H groups in total. The number of hydrogen-bond acceptors (Lipinski definition) is 3. The zero-order valence-corrected chi connectivity index (χ0v) is 11.2. The van der Waals surface area contributed by atoms with Gasteiger partial charge in [0.15, 0.2) is 5.82 Å². The fraction of sp³-hybridized carbons (Fsp3) is 0. The minimum atomic E-state index is -0.771. The van der Waals surface area contributed by atoms with Gasteiger partial charge in [-0.05, 0) is 18.2 Å². The van der Waals surface area contributed by atoms with Crippen LogP contribution in [0.2, 0.25) is 5.02 Å². The van der Waals surface area contributed by atoms with Crippen molar-refractivity contribution in [2.24, 2.45) is 0 Å². The second-order valence-electron chi connectivity index (χ2n) is 3.75. The van der Waals surface area contributed by atoms with E-state index < -0.39 is 11.7 Å².